The van der Waals surface area contributed by atoms with E-state index < -0.39 is 11.3 Å². The maximum Gasteiger partial charge on any atom is 0.428 e. The number of carbonyl (C=O) groups excluding carboxylic acids is 1. The van der Waals surface area contributed by atoms with E-state index >= 15 is 0 Å². The van der Waals surface area contributed by atoms with Crippen molar-refractivity contribution in [2.24, 2.45) is 0 Å². The van der Waals surface area contributed by atoms with Crippen LogP contribution < -0.4 is 0 Å². The smallest absolute Gasteiger partial charge is 0.428 e. The van der Waals surface area contributed by atoms with Gasteiger partial charge in [-0.3, -0.25) is 0 Å². The van der Waals surface area contributed by atoms with Gasteiger partial charge in [0.25, 0.3) is 0 Å². The Labute approximate surface area is 42.9 Å². The van der Waals surface area contributed by atoms with E-state index in [0.29, 0.717) is 0 Å². The van der Waals surface area contributed by atoms with Gasteiger partial charge < -0.3 is 17.4 Å². The molecule has 0 saturated heterocycles. The van der Waals surface area contributed by atoms with Gasteiger partial charge in [0, 0.05) is 0 Å². The Kier molecular flexibility index (Phi) is 1.58. The third-order valence-electron chi connectivity index (χ3n) is 0.231. The van der Waals surface area contributed by atoms with Gasteiger partial charge in [-0.2, -0.15) is 13.2 Å². The molecule has 0 fully saturated rings. The minimum absolute atomic E-state index is 2.17. The molecule has 0 heterocycles. The molecule has 0 amide bonds. The highest BCUT2D eigenvalue weighted by molar-refractivity contribution is 7.77. The quantitative estimate of drug-likeness (QED) is 0.446. The third kappa shape index (κ3) is 2.38. The summed E-state index contributed by atoms with van der Waals surface area (Å²) in [6, 6.07) is 0. The Morgan fingerprint density at radius 3 is 1.57 bits per heavy atom. The molecule has 0 atom stereocenters. The van der Waals surface area contributed by atoms with Crippen molar-refractivity contribution in [3.05, 3.63) is 0 Å². The fourth-order valence-corrected chi connectivity index (χ4v) is 0. The molecule has 0 aliphatic heterocycles. The lowest BCUT2D eigenvalue weighted by Crippen LogP contribution is -2.19. The highest BCUT2D eigenvalue weighted by Crippen LogP contribution is 2.13. The first-order valence-corrected chi connectivity index (χ1v) is 1.63. The molecule has 0 radical (unpaired) electrons. The first-order valence-electron chi connectivity index (χ1n) is 1.23. The summed E-state index contributed by atoms with van der Waals surface area (Å²) in [6.45, 7) is 0. The fraction of sp³-hybridized carbons (Fsp3) is 0.500. The molecule has 0 spiro atoms. The van der Waals surface area contributed by atoms with E-state index in [1.165, 1.54) is 0 Å². The molecular formula is C2F3OS-. The SMILES string of the molecule is O=C([S-])C(F)(F)F. The maximum absolute atomic E-state index is 10.7. The summed E-state index contributed by atoms with van der Waals surface area (Å²) in [7, 11) is 0. The van der Waals surface area contributed by atoms with Crippen LogP contribution in [0.15, 0.2) is 0 Å². The second-order valence-electron chi connectivity index (χ2n) is 0.785. The average Bonchev–Trinajstić information content (AvgIpc) is 1.31. The van der Waals surface area contributed by atoms with Crippen molar-refractivity contribution < 1.29 is 18.0 Å². The number of carbonyl (C=O) groups is 1. The van der Waals surface area contributed by atoms with Crippen molar-refractivity contribution in [1.29, 1.82) is 0 Å². The molecule has 0 aromatic carbocycles. The van der Waals surface area contributed by atoms with Gasteiger partial charge >= 0.3 is 6.18 Å². The van der Waals surface area contributed by atoms with Gasteiger partial charge in [-0.1, -0.05) is 0 Å². The molecule has 0 aliphatic carbocycles. The minimum Gasteiger partial charge on any atom is -0.733 e. The fourth-order valence-electron chi connectivity index (χ4n) is 0. The first kappa shape index (κ1) is 6.68. The van der Waals surface area contributed by atoms with Crippen molar-refractivity contribution in [3.63, 3.8) is 0 Å². The summed E-state index contributed by atoms with van der Waals surface area (Å²) in [4.78, 5) is 9.16. The van der Waals surface area contributed by atoms with Crippen LogP contribution in [-0.2, 0) is 17.4 Å². The van der Waals surface area contributed by atoms with Gasteiger partial charge in [0.2, 0.25) is 0 Å². The Balaban J connectivity index is 3.79. The number of alkyl halides is 3. The van der Waals surface area contributed by atoms with Crippen molar-refractivity contribution in [2.75, 3.05) is 0 Å². The topological polar surface area (TPSA) is 17.1 Å². The van der Waals surface area contributed by atoms with Gasteiger partial charge in [0.1, 0.15) is 5.12 Å². The molecule has 7 heavy (non-hydrogen) atoms. The van der Waals surface area contributed by atoms with Crippen LogP contribution >= 0.6 is 0 Å². The summed E-state index contributed by atoms with van der Waals surface area (Å²) in [5.74, 6) is 0. The van der Waals surface area contributed by atoms with E-state index in [2.05, 4.69) is 12.6 Å². The third-order valence-corrected chi connectivity index (χ3v) is 0.463. The van der Waals surface area contributed by atoms with E-state index in [4.69, 9.17) is 4.79 Å². The molecule has 0 aromatic rings. The Morgan fingerprint density at radius 2 is 1.57 bits per heavy atom. The van der Waals surface area contributed by atoms with E-state index in [9.17, 15) is 13.2 Å². The van der Waals surface area contributed by atoms with Crippen LogP contribution in [0, 0.1) is 0 Å². The molecule has 1 nitrogen and oxygen atoms in total. The number of rotatable bonds is 0. The summed E-state index contributed by atoms with van der Waals surface area (Å²) in [5, 5.41) is -2.17. The van der Waals surface area contributed by atoms with Crippen molar-refractivity contribution >= 4 is 17.7 Å². The molecule has 0 aliphatic rings. The highest BCUT2D eigenvalue weighted by Gasteiger charge is 2.27. The van der Waals surface area contributed by atoms with Crippen LogP contribution in [0.25, 0.3) is 0 Å². The van der Waals surface area contributed by atoms with Gasteiger partial charge in [-0.15, -0.1) is 0 Å². The van der Waals surface area contributed by atoms with Gasteiger partial charge in [0.15, 0.2) is 0 Å². The predicted octanol–water partition coefficient (Wildman–Crippen LogP) is 0.622. The van der Waals surface area contributed by atoms with Crippen LogP contribution in [0.5, 0.6) is 0 Å². The van der Waals surface area contributed by atoms with Gasteiger partial charge in [0.05, 0.1) is 0 Å². The summed E-state index contributed by atoms with van der Waals surface area (Å²) < 4.78 is 32.2. The summed E-state index contributed by atoms with van der Waals surface area (Å²) >= 11 is 3.25. The molecule has 0 unspecified atom stereocenters. The minimum atomic E-state index is -4.82. The predicted molar refractivity (Wildman–Crippen MR) is 18.4 cm³/mol. The Hall–Kier alpha value is -0.320. The monoisotopic (exact) mass is 129 g/mol. The molecule has 0 bridgehead atoms. The molecule has 0 aromatic heterocycles. The molecule has 0 saturated carbocycles. The lowest BCUT2D eigenvalue weighted by atomic mass is 10.8. The Bertz CT molecular complexity index is 85.4. The molecule has 42 valence electrons. The second kappa shape index (κ2) is 1.65. The lowest BCUT2D eigenvalue weighted by molar-refractivity contribution is -0.160. The first-order chi connectivity index (χ1) is 2.94. The Morgan fingerprint density at radius 1 is 1.43 bits per heavy atom. The zero-order valence-electron chi connectivity index (χ0n) is 2.95. The van der Waals surface area contributed by atoms with Crippen LogP contribution in [0.4, 0.5) is 13.2 Å². The number of hydrogen-bond donors (Lipinski definition) is 0. The van der Waals surface area contributed by atoms with Crippen molar-refractivity contribution in [3.8, 4) is 0 Å². The van der Waals surface area contributed by atoms with Crippen molar-refractivity contribution in [1.82, 2.24) is 0 Å². The largest absolute Gasteiger partial charge is 0.733 e. The lowest BCUT2D eigenvalue weighted by Gasteiger charge is -2.05. The highest BCUT2D eigenvalue weighted by atomic mass is 32.1. The standard InChI is InChI=1S/C2HF3OS/c3-2(4,5)1(6)7/h(H,6,7)/p-1. The average molecular weight is 129 g/mol. The van der Waals surface area contributed by atoms with Crippen LogP contribution in [0.3, 0.4) is 0 Å². The maximum atomic E-state index is 10.7. The molecule has 0 N–H and O–H groups in total. The van der Waals surface area contributed by atoms with E-state index in [-0.39, 0.29) is 0 Å². The van der Waals surface area contributed by atoms with Gasteiger partial charge in [-0.25, -0.2) is 0 Å². The van der Waals surface area contributed by atoms with Crippen LogP contribution in [0.2, 0.25) is 0 Å². The van der Waals surface area contributed by atoms with Crippen LogP contribution in [-0.4, -0.2) is 11.3 Å². The van der Waals surface area contributed by atoms with Crippen LogP contribution in [0.1, 0.15) is 0 Å². The normalized spacial score (nSPS) is 11.3. The molecular weight excluding hydrogens is 129 g/mol. The summed E-state index contributed by atoms with van der Waals surface area (Å²) in [6.07, 6.45) is -4.82. The van der Waals surface area contributed by atoms with E-state index in [1.807, 2.05) is 0 Å². The van der Waals surface area contributed by atoms with E-state index in [0.717, 1.165) is 0 Å². The zero-order valence-corrected chi connectivity index (χ0v) is 3.77. The number of halogens is 3. The number of hydrogen-bond acceptors (Lipinski definition) is 2. The summed E-state index contributed by atoms with van der Waals surface area (Å²) in [5.41, 5.74) is 0. The molecule has 5 heteroatoms. The van der Waals surface area contributed by atoms with Crippen molar-refractivity contribution in [2.45, 2.75) is 6.18 Å². The molecule has 0 rings (SSSR count). The zero-order chi connectivity index (χ0) is 6.08. The van der Waals surface area contributed by atoms with E-state index in [1.54, 1.807) is 0 Å². The van der Waals surface area contributed by atoms with Gasteiger partial charge in [-0.05, 0) is 0 Å². The second-order valence-corrected chi connectivity index (χ2v) is 1.16.